The minimum atomic E-state index is 0.0956. The molecule has 36 heavy (non-hydrogen) atoms. The SMILES string of the molecule is CC(=N)CC(N)=Nc1cc(N2CCN(C(C)(C)C)CC2)nc(Sc2ccc(NC(=O)C3CC3)cc2)n1. The van der Waals surface area contributed by atoms with Gasteiger partial charge in [0.25, 0.3) is 0 Å². The van der Waals surface area contributed by atoms with Crippen LogP contribution in [0.5, 0.6) is 0 Å². The van der Waals surface area contributed by atoms with Gasteiger partial charge >= 0.3 is 0 Å². The summed E-state index contributed by atoms with van der Waals surface area (Å²) in [7, 11) is 0. The van der Waals surface area contributed by atoms with E-state index in [-0.39, 0.29) is 17.4 Å². The Balaban J connectivity index is 1.53. The first-order valence-corrected chi connectivity index (χ1v) is 13.2. The lowest BCUT2D eigenvalue weighted by Crippen LogP contribution is -2.53. The fraction of sp³-hybridized carbons (Fsp3) is 0.500. The molecule has 9 nitrogen and oxygen atoms in total. The van der Waals surface area contributed by atoms with Gasteiger partial charge in [-0.25, -0.2) is 15.0 Å². The molecule has 0 unspecified atom stereocenters. The Morgan fingerprint density at radius 3 is 2.42 bits per heavy atom. The number of rotatable bonds is 8. The van der Waals surface area contributed by atoms with Gasteiger partial charge in [-0.3, -0.25) is 9.69 Å². The predicted molar refractivity (Wildman–Crippen MR) is 147 cm³/mol. The summed E-state index contributed by atoms with van der Waals surface area (Å²) in [4.78, 5) is 31.7. The number of benzene rings is 1. The van der Waals surface area contributed by atoms with Crippen molar-refractivity contribution in [3.05, 3.63) is 30.3 Å². The highest BCUT2D eigenvalue weighted by Crippen LogP contribution is 2.32. The summed E-state index contributed by atoms with van der Waals surface area (Å²) in [5.41, 5.74) is 7.45. The summed E-state index contributed by atoms with van der Waals surface area (Å²) >= 11 is 1.45. The van der Waals surface area contributed by atoms with E-state index in [4.69, 9.17) is 16.1 Å². The lowest BCUT2D eigenvalue weighted by molar-refractivity contribution is -0.117. The average molecular weight is 509 g/mol. The number of nitrogens with one attached hydrogen (secondary N) is 2. The quantitative estimate of drug-likeness (QED) is 0.276. The largest absolute Gasteiger partial charge is 0.387 e. The van der Waals surface area contributed by atoms with Gasteiger partial charge in [0, 0.05) is 66.4 Å². The van der Waals surface area contributed by atoms with Crippen LogP contribution in [0.2, 0.25) is 0 Å². The number of anilines is 2. The van der Waals surface area contributed by atoms with Crippen LogP contribution in [0.25, 0.3) is 0 Å². The van der Waals surface area contributed by atoms with Crippen molar-refractivity contribution in [1.29, 1.82) is 5.41 Å². The fourth-order valence-electron chi connectivity index (χ4n) is 4.03. The van der Waals surface area contributed by atoms with Crippen molar-refractivity contribution in [2.45, 2.75) is 62.5 Å². The molecule has 2 aromatic rings. The number of aliphatic imine (C=N–C) groups is 1. The van der Waals surface area contributed by atoms with Gasteiger partial charge in [-0.1, -0.05) is 0 Å². The van der Waals surface area contributed by atoms with Crippen molar-refractivity contribution >= 4 is 46.5 Å². The van der Waals surface area contributed by atoms with Crippen molar-refractivity contribution in [2.75, 3.05) is 36.4 Å². The number of nitrogens with two attached hydrogens (primary N) is 1. The Morgan fingerprint density at radius 1 is 1.17 bits per heavy atom. The monoisotopic (exact) mass is 508 g/mol. The second-order valence-electron chi connectivity index (χ2n) is 10.5. The smallest absolute Gasteiger partial charge is 0.227 e. The highest BCUT2D eigenvalue weighted by atomic mass is 32.2. The van der Waals surface area contributed by atoms with Crippen LogP contribution in [0.3, 0.4) is 0 Å². The molecule has 0 spiro atoms. The van der Waals surface area contributed by atoms with Gasteiger partial charge in [-0.15, -0.1) is 0 Å². The van der Waals surface area contributed by atoms with Gasteiger partial charge in [0.15, 0.2) is 11.0 Å². The Kier molecular flexibility index (Phi) is 7.94. The number of carbonyl (C=O) groups excluding carboxylic acids is 1. The van der Waals surface area contributed by atoms with Crippen LogP contribution in [0.4, 0.5) is 17.3 Å². The summed E-state index contributed by atoms with van der Waals surface area (Å²) in [5, 5.41) is 11.3. The number of nitrogens with zero attached hydrogens (tertiary/aromatic N) is 5. The number of piperazine rings is 1. The Morgan fingerprint density at radius 2 is 1.83 bits per heavy atom. The normalized spacial score (nSPS) is 17.2. The van der Waals surface area contributed by atoms with Crippen LogP contribution >= 0.6 is 11.8 Å². The molecule has 1 amide bonds. The number of hydrogen-bond acceptors (Lipinski definition) is 8. The topological polar surface area (TPSA) is 124 Å². The van der Waals surface area contributed by atoms with E-state index in [9.17, 15) is 4.79 Å². The number of amidine groups is 1. The molecule has 4 N–H and O–H groups in total. The molecule has 1 saturated heterocycles. The van der Waals surface area contributed by atoms with E-state index < -0.39 is 0 Å². The number of hydrogen-bond donors (Lipinski definition) is 3. The fourth-order valence-corrected chi connectivity index (χ4v) is 4.79. The van der Waals surface area contributed by atoms with E-state index in [1.807, 2.05) is 30.3 Å². The Labute approximate surface area is 217 Å². The van der Waals surface area contributed by atoms with Crippen LogP contribution in [0, 0.1) is 11.3 Å². The first-order valence-electron chi connectivity index (χ1n) is 12.4. The second-order valence-corrected chi connectivity index (χ2v) is 11.5. The zero-order chi connectivity index (χ0) is 25.9. The molecule has 192 valence electrons. The molecular formula is C26H36N8OS. The van der Waals surface area contributed by atoms with E-state index in [1.54, 1.807) is 6.92 Å². The van der Waals surface area contributed by atoms with Crippen molar-refractivity contribution in [1.82, 2.24) is 14.9 Å². The minimum absolute atomic E-state index is 0.0956. The lowest BCUT2D eigenvalue weighted by Gasteiger charge is -2.42. The van der Waals surface area contributed by atoms with Crippen molar-refractivity contribution in [2.24, 2.45) is 16.6 Å². The first-order chi connectivity index (χ1) is 17.1. The van der Waals surface area contributed by atoms with Crippen LogP contribution < -0.4 is 16.0 Å². The molecule has 1 aliphatic heterocycles. The Bertz CT molecular complexity index is 1130. The molecule has 1 aromatic heterocycles. The van der Waals surface area contributed by atoms with Crippen molar-refractivity contribution < 1.29 is 4.79 Å². The van der Waals surface area contributed by atoms with Crippen LogP contribution in [0.15, 0.2) is 45.4 Å². The molecule has 1 saturated carbocycles. The second kappa shape index (κ2) is 11.0. The van der Waals surface area contributed by atoms with Crippen LogP contribution in [-0.2, 0) is 4.79 Å². The molecule has 0 atom stereocenters. The summed E-state index contributed by atoms with van der Waals surface area (Å²) in [6.45, 7) is 12.1. The highest BCUT2D eigenvalue weighted by molar-refractivity contribution is 7.99. The van der Waals surface area contributed by atoms with E-state index in [0.717, 1.165) is 55.4 Å². The molecule has 2 fully saturated rings. The molecular weight excluding hydrogens is 472 g/mol. The summed E-state index contributed by atoms with van der Waals surface area (Å²) in [5.74, 6) is 1.94. The molecule has 4 rings (SSSR count). The van der Waals surface area contributed by atoms with Gasteiger partial charge < -0.3 is 21.4 Å². The number of carbonyl (C=O) groups is 1. The predicted octanol–water partition coefficient (Wildman–Crippen LogP) is 4.32. The minimum Gasteiger partial charge on any atom is -0.387 e. The third kappa shape index (κ3) is 7.27. The third-order valence-corrected chi connectivity index (χ3v) is 7.09. The maximum atomic E-state index is 12.0. The summed E-state index contributed by atoms with van der Waals surface area (Å²) in [6, 6.07) is 9.60. The average Bonchev–Trinajstić information content (AvgIpc) is 3.65. The van der Waals surface area contributed by atoms with Gasteiger partial charge in [-0.2, -0.15) is 0 Å². The zero-order valence-electron chi connectivity index (χ0n) is 21.5. The maximum Gasteiger partial charge on any atom is 0.227 e. The maximum absolute atomic E-state index is 12.0. The number of aromatic nitrogens is 2. The molecule has 2 heterocycles. The first kappa shape index (κ1) is 26.1. The van der Waals surface area contributed by atoms with Gasteiger partial charge in [0.2, 0.25) is 5.91 Å². The van der Waals surface area contributed by atoms with Crippen molar-refractivity contribution in [3.8, 4) is 0 Å². The molecule has 10 heteroatoms. The van der Waals surface area contributed by atoms with E-state index in [2.05, 4.69) is 45.9 Å². The van der Waals surface area contributed by atoms with E-state index in [1.165, 1.54) is 11.8 Å². The van der Waals surface area contributed by atoms with Gasteiger partial charge in [0.1, 0.15) is 11.7 Å². The highest BCUT2D eigenvalue weighted by Gasteiger charge is 2.29. The Hall–Kier alpha value is -2.98. The lowest BCUT2D eigenvalue weighted by atomic mass is 10.1. The zero-order valence-corrected chi connectivity index (χ0v) is 22.4. The van der Waals surface area contributed by atoms with Crippen LogP contribution in [-0.4, -0.2) is 64.0 Å². The molecule has 2 aliphatic rings. The van der Waals surface area contributed by atoms with E-state index >= 15 is 0 Å². The van der Waals surface area contributed by atoms with Crippen molar-refractivity contribution in [3.63, 3.8) is 0 Å². The molecule has 0 radical (unpaired) electrons. The number of amides is 1. The van der Waals surface area contributed by atoms with E-state index in [0.29, 0.717) is 28.9 Å². The van der Waals surface area contributed by atoms with Gasteiger partial charge in [0.05, 0.1) is 0 Å². The summed E-state index contributed by atoms with van der Waals surface area (Å²) in [6.07, 6.45) is 2.26. The van der Waals surface area contributed by atoms with Crippen LogP contribution in [0.1, 0.15) is 47.0 Å². The third-order valence-electron chi connectivity index (χ3n) is 6.21. The molecule has 1 aromatic carbocycles. The standard InChI is InChI=1S/C26H36N8OS/c1-17(27)15-21(28)30-22-16-23(33-11-13-34(14-12-33)26(2,3)4)32-25(31-22)36-20-9-7-19(8-10-20)29-24(35)18-5-6-18/h7-10,16,18,27H,5-6,11-15H2,1-4H3,(H,29,35)(H2,28,30,31,32). The van der Waals surface area contributed by atoms with Gasteiger partial charge in [-0.05, 0) is 76.6 Å². The molecule has 0 bridgehead atoms. The molecule has 1 aliphatic carbocycles. The summed E-state index contributed by atoms with van der Waals surface area (Å²) < 4.78 is 0.